The van der Waals surface area contributed by atoms with Crippen LogP contribution in [0.4, 0.5) is 0 Å². The maximum Gasteiger partial charge on any atom is 0.131 e. The smallest absolute Gasteiger partial charge is 0.131 e. The Hall–Kier alpha value is -0.370. The van der Waals surface area contributed by atoms with Gasteiger partial charge >= 0.3 is 0 Å². The number of nitrogens with zero attached hydrogens (tertiary/aromatic N) is 1. The third kappa shape index (κ3) is 5.11. The van der Waals surface area contributed by atoms with Crippen LogP contribution in [0.2, 0.25) is 0 Å². The molecule has 1 rings (SSSR count). The molecule has 1 atom stereocenters. The molecule has 0 aromatic heterocycles. The first-order valence-electron chi connectivity index (χ1n) is 6.97. The molecule has 1 aliphatic rings. The summed E-state index contributed by atoms with van der Waals surface area (Å²) in [6, 6.07) is 0.559. The minimum atomic E-state index is 0.350. The van der Waals surface area contributed by atoms with Crippen molar-refractivity contribution in [3.8, 4) is 0 Å². The number of hydrogen-bond acceptors (Lipinski definition) is 2. The van der Waals surface area contributed by atoms with Gasteiger partial charge in [0.25, 0.3) is 0 Å². The van der Waals surface area contributed by atoms with Crippen molar-refractivity contribution in [3.05, 3.63) is 0 Å². The first-order chi connectivity index (χ1) is 7.74. The predicted molar refractivity (Wildman–Crippen MR) is 68.7 cm³/mol. The highest BCUT2D eigenvalue weighted by atomic mass is 16.1. The fourth-order valence-electron chi connectivity index (χ4n) is 2.67. The van der Waals surface area contributed by atoms with Gasteiger partial charge in [0.05, 0.1) is 0 Å². The second kappa shape index (κ2) is 7.83. The van der Waals surface area contributed by atoms with Gasteiger partial charge < -0.3 is 0 Å². The number of rotatable bonds is 8. The largest absolute Gasteiger partial charge is 0.300 e. The number of carbonyl (C=O) groups is 1. The van der Waals surface area contributed by atoms with E-state index in [1.165, 1.54) is 58.0 Å². The number of carbonyl (C=O) groups excluding carboxylic acids is 1. The summed E-state index contributed by atoms with van der Waals surface area (Å²) in [6.07, 6.45) is 10.0. The van der Waals surface area contributed by atoms with E-state index in [0.717, 1.165) is 6.42 Å². The van der Waals surface area contributed by atoms with E-state index in [2.05, 4.69) is 11.8 Å². The van der Waals surface area contributed by atoms with Crippen molar-refractivity contribution in [2.24, 2.45) is 0 Å². The van der Waals surface area contributed by atoms with Crippen molar-refractivity contribution < 1.29 is 4.79 Å². The predicted octanol–water partition coefficient (Wildman–Crippen LogP) is 3.40. The molecule has 1 unspecified atom stereocenters. The molecule has 0 spiro atoms. The zero-order valence-electron chi connectivity index (χ0n) is 11.0. The topological polar surface area (TPSA) is 20.3 Å². The molecular weight excluding hydrogens is 198 g/mol. The van der Waals surface area contributed by atoms with Gasteiger partial charge in [0.15, 0.2) is 0 Å². The van der Waals surface area contributed by atoms with Gasteiger partial charge in [0, 0.05) is 12.5 Å². The standard InChI is InChI=1S/C14H27NO/c1-3-4-5-6-7-10-15-11-8-9-14(15)12-13(2)16/h14H,3-12H2,1-2H3. The Morgan fingerprint density at radius 1 is 1.25 bits per heavy atom. The van der Waals surface area contributed by atoms with Gasteiger partial charge in [-0.05, 0) is 39.3 Å². The Labute approximate surface area is 100 Å². The molecule has 0 amide bonds. The van der Waals surface area contributed by atoms with Gasteiger partial charge in [-0.15, -0.1) is 0 Å². The minimum Gasteiger partial charge on any atom is -0.300 e. The lowest BCUT2D eigenvalue weighted by molar-refractivity contribution is -0.118. The molecule has 1 heterocycles. The summed E-state index contributed by atoms with van der Waals surface area (Å²) in [5.41, 5.74) is 0. The zero-order valence-corrected chi connectivity index (χ0v) is 11.0. The van der Waals surface area contributed by atoms with E-state index in [1.807, 2.05) is 0 Å². The van der Waals surface area contributed by atoms with Gasteiger partial charge in [-0.1, -0.05) is 32.6 Å². The lowest BCUT2D eigenvalue weighted by Gasteiger charge is -2.23. The molecule has 0 N–H and O–H groups in total. The SMILES string of the molecule is CCCCCCCN1CCCC1CC(C)=O. The number of ketones is 1. The molecule has 2 heteroatoms. The maximum absolute atomic E-state index is 11.1. The van der Waals surface area contributed by atoms with E-state index in [0.29, 0.717) is 11.8 Å². The van der Waals surface area contributed by atoms with Gasteiger partial charge in [-0.3, -0.25) is 9.69 Å². The molecule has 0 aromatic carbocycles. The second-order valence-corrected chi connectivity index (χ2v) is 5.15. The van der Waals surface area contributed by atoms with Crippen LogP contribution in [-0.4, -0.2) is 29.8 Å². The highest BCUT2D eigenvalue weighted by molar-refractivity contribution is 5.76. The quantitative estimate of drug-likeness (QED) is 0.590. The molecule has 1 saturated heterocycles. The van der Waals surface area contributed by atoms with E-state index in [9.17, 15) is 4.79 Å². The summed E-state index contributed by atoms with van der Waals surface area (Å²) in [6.45, 7) is 6.40. The molecular formula is C14H27NO. The van der Waals surface area contributed by atoms with E-state index in [4.69, 9.17) is 0 Å². The fraction of sp³-hybridized carbons (Fsp3) is 0.929. The molecule has 1 fully saturated rings. The molecule has 2 nitrogen and oxygen atoms in total. The number of likely N-dealkylation sites (tertiary alicyclic amines) is 1. The average molecular weight is 225 g/mol. The summed E-state index contributed by atoms with van der Waals surface area (Å²) in [5, 5.41) is 0. The van der Waals surface area contributed by atoms with Gasteiger partial charge in [-0.2, -0.15) is 0 Å². The molecule has 0 aliphatic carbocycles. The van der Waals surface area contributed by atoms with E-state index >= 15 is 0 Å². The van der Waals surface area contributed by atoms with Crippen molar-refractivity contribution in [1.29, 1.82) is 0 Å². The molecule has 0 aromatic rings. The normalized spacial score (nSPS) is 21.5. The third-order valence-corrected chi connectivity index (χ3v) is 3.57. The van der Waals surface area contributed by atoms with Gasteiger partial charge in [0.1, 0.15) is 5.78 Å². The van der Waals surface area contributed by atoms with Crippen LogP contribution in [0.3, 0.4) is 0 Å². The molecule has 0 radical (unpaired) electrons. The van der Waals surface area contributed by atoms with Gasteiger partial charge in [0.2, 0.25) is 0 Å². The summed E-state index contributed by atoms with van der Waals surface area (Å²) in [7, 11) is 0. The molecule has 0 saturated carbocycles. The monoisotopic (exact) mass is 225 g/mol. The van der Waals surface area contributed by atoms with Crippen molar-refractivity contribution in [3.63, 3.8) is 0 Å². The Kier molecular flexibility index (Phi) is 6.70. The summed E-state index contributed by atoms with van der Waals surface area (Å²) >= 11 is 0. The van der Waals surface area contributed by atoms with Crippen LogP contribution in [-0.2, 0) is 4.79 Å². The highest BCUT2D eigenvalue weighted by Crippen LogP contribution is 2.21. The van der Waals surface area contributed by atoms with E-state index < -0.39 is 0 Å². The third-order valence-electron chi connectivity index (χ3n) is 3.57. The van der Waals surface area contributed by atoms with Crippen LogP contribution < -0.4 is 0 Å². The lowest BCUT2D eigenvalue weighted by Crippen LogP contribution is -2.31. The van der Waals surface area contributed by atoms with Crippen molar-refractivity contribution >= 4 is 5.78 Å². The summed E-state index contributed by atoms with van der Waals surface area (Å²) < 4.78 is 0. The average Bonchev–Trinajstić information content (AvgIpc) is 2.64. The Morgan fingerprint density at radius 3 is 2.69 bits per heavy atom. The number of unbranched alkanes of at least 4 members (excludes halogenated alkanes) is 4. The van der Waals surface area contributed by atoms with Crippen LogP contribution in [0, 0.1) is 0 Å². The molecule has 16 heavy (non-hydrogen) atoms. The second-order valence-electron chi connectivity index (χ2n) is 5.15. The minimum absolute atomic E-state index is 0.350. The molecule has 94 valence electrons. The zero-order chi connectivity index (χ0) is 11.8. The lowest BCUT2D eigenvalue weighted by atomic mass is 10.1. The number of Topliss-reactive ketones (excluding diaryl/α,β-unsaturated/α-hetero) is 1. The Balaban J connectivity index is 2.12. The molecule has 0 bridgehead atoms. The highest BCUT2D eigenvalue weighted by Gasteiger charge is 2.24. The van der Waals surface area contributed by atoms with Crippen LogP contribution in [0.25, 0.3) is 0 Å². The van der Waals surface area contributed by atoms with Crippen LogP contribution in [0.5, 0.6) is 0 Å². The van der Waals surface area contributed by atoms with Crippen LogP contribution in [0.15, 0.2) is 0 Å². The fourth-order valence-corrected chi connectivity index (χ4v) is 2.67. The van der Waals surface area contributed by atoms with E-state index in [-0.39, 0.29) is 0 Å². The maximum atomic E-state index is 11.1. The Morgan fingerprint density at radius 2 is 2.00 bits per heavy atom. The first-order valence-corrected chi connectivity index (χ1v) is 6.97. The van der Waals surface area contributed by atoms with Crippen molar-refractivity contribution in [2.45, 2.75) is 71.3 Å². The first kappa shape index (κ1) is 13.7. The summed E-state index contributed by atoms with van der Waals surface area (Å²) in [5.74, 6) is 0.350. The van der Waals surface area contributed by atoms with Crippen LogP contribution in [0.1, 0.15) is 65.2 Å². The summed E-state index contributed by atoms with van der Waals surface area (Å²) in [4.78, 5) is 13.7. The van der Waals surface area contributed by atoms with Gasteiger partial charge in [-0.25, -0.2) is 0 Å². The van der Waals surface area contributed by atoms with E-state index in [1.54, 1.807) is 6.92 Å². The van der Waals surface area contributed by atoms with Crippen LogP contribution >= 0.6 is 0 Å². The van der Waals surface area contributed by atoms with Crippen molar-refractivity contribution in [1.82, 2.24) is 4.90 Å². The Bertz CT molecular complexity index is 203. The van der Waals surface area contributed by atoms with Crippen molar-refractivity contribution in [2.75, 3.05) is 13.1 Å². The number of hydrogen-bond donors (Lipinski definition) is 0. The molecule has 1 aliphatic heterocycles.